The lowest BCUT2D eigenvalue weighted by Gasteiger charge is -2.25. The first-order chi connectivity index (χ1) is 3.34. The van der Waals surface area contributed by atoms with Crippen molar-refractivity contribution in [2.45, 2.75) is 18.2 Å². The molecule has 0 bridgehead atoms. The molecule has 7 heavy (non-hydrogen) atoms. The van der Waals surface area contributed by atoms with Crippen molar-refractivity contribution >= 4 is 17.9 Å². The molecule has 0 saturated heterocycles. The van der Waals surface area contributed by atoms with Gasteiger partial charge in [-0.05, 0) is 12.8 Å². The number of hydrogen-bond donors (Lipinski definition) is 0. The topological polar surface area (TPSA) is 17.1 Å². The number of carbonyl (C=O) groups is 1. The highest BCUT2D eigenvalue weighted by Crippen LogP contribution is 2.29. The van der Waals surface area contributed by atoms with Crippen LogP contribution in [-0.4, -0.2) is 11.7 Å². The van der Waals surface area contributed by atoms with Crippen LogP contribution in [0.4, 0.5) is 0 Å². The summed E-state index contributed by atoms with van der Waals surface area (Å²) in [6.07, 6.45) is 2.96. The Labute approximate surface area is 47.7 Å². The molecule has 0 N–H and O–H groups in total. The maximum atomic E-state index is 9.91. The Kier molecular flexibility index (Phi) is 1.33. The third kappa shape index (κ3) is 0.778. The van der Waals surface area contributed by atoms with Gasteiger partial charge >= 0.3 is 0 Å². The summed E-state index contributed by atoms with van der Waals surface area (Å²) >= 11 is 5.58. The molecule has 0 amide bonds. The van der Waals surface area contributed by atoms with Gasteiger partial charge in [0.15, 0.2) is 0 Å². The molecule has 0 aliphatic heterocycles. The SMILES string of the molecule is O=CC1CCC1Cl. The fourth-order valence-corrected chi connectivity index (χ4v) is 0.950. The van der Waals surface area contributed by atoms with Crippen LogP contribution in [0.5, 0.6) is 0 Å². The van der Waals surface area contributed by atoms with Crippen LogP contribution in [-0.2, 0) is 4.79 Å². The van der Waals surface area contributed by atoms with Gasteiger partial charge in [0.1, 0.15) is 6.29 Å². The molecule has 0 spiro atoms. The van der Waals surface area contributed by atoms with Gasteiger partial charge in [-0.25, -0.2) is 0 Å². The maximum absolute atomic E-state index is 9.91. The van der Waals surface area contributed by atoms with E-state index in [9.17, 15) is 4.79 Å². The minimum absolute atomic E-state index is 0.150. The molecule has 0 aromatic heterocycles. The van der Waals surface area contributed by atoms with E-state index < -0.39 is 0 Å². The number of aldehydes is 1. The van der Waals surface area contributed by atoms with Crippen LogP contribution in [0.2, 0.25) is 0 Å². The number of rotatable bonds is 1. The van der Waals surface area contributed by atoms with Crippen molar-refractivity contribution in [2.24, 2.45) is 5.92 Å². The van der Waals surface area contributed by atoms with E-state index in [2.05, 4.69) is 0 Å². The average Bonchev–Trinajstić information content (AvgIpc) is 1.65. The monoisotopic (exact) mass is 118 g/mol. The minimum Gasteiger partial charge on any atom is -0.303 e. The predicted molar refractivity (Wildman–Crippen MR) is 28.4 cm³/mol. The molecule has 40 valence electrons. The number of hydrogen-bond acceptors (Lipinski definition) is 1. The molecule has 2 unspecified atom stereocenters. The molecule has 1 aliphatic rings. The Balaban J connectivity index is 2.28. The molecule has 1 fully saturated rings. The minimum atomic E-state index is 0.150. The average molecular weight is 119 g/mol. The van der Waals surface area contributed by atoms with E-state index >= 15 is 0 Å². The van der Waals surface area contributed by atoms with E-state index in [-0.39, 0.29) is 11.3 Å². The first-order valence-electron chi connectivity index (χ1n) is 2.44. The fraction of sp³-hybridized carbons (Fsp3) is 0.800. The van der Waals surface area contributed by atoms with Gasteiger partial charge in [-0.15, -0.1) is 11.6 Å². The number of alkyl halides is 1. The van der Waals surface area contributed by atoms with Gasteiger partial charge in [0.25, 0.3) is 0 Å². The lowest BCUT2D eigenvalue weighted by molar-refractivity contribution is -0.112. The fourth-order valence-electron chi connectivity index (χ4n) is 0.638. The van der Waals surface area contributed by atoms with E-state index in [0.717, 1.165) is 19.1 Å². The molecule has 0 heterocycles. The summed E-state index contributed by atoms with van der Waals surface area (Å²) in [5.41, 5.74) is 0. The first-order valence-corrected chi connectivity index (χ1v) is 2.87. The first kappa shape index (κ1) is 5.10. The Morgan fingerprint density at radius 1 is 1.57 bits per heavy atom. The van der Waals surface area contributed by atoms with Gasteiger partial charge in [-0.2, -0.15) is 0 Å². The van der Waals surface area contributed by atoms with Crippen molar-refractivity contribution in [3.8, 4) is 0 Å². The third-order valence-corrected chi connectivity index (χ3v) is 1.96. The van der Waals surface area contributed by atoms with Crippen LogP contribution in [0, 0.1) is 5.92 Å². The van der Waals surface area contributed by atoms with Gasteiger partial charge in [0, 0.05) is 11.3 Å². The molecule has 0 radical (unpaired) electrons. The van der Waals surface area contributed by atoms with E-state index in [4.69, 9.17) is 11.6 Å². The van der Waals surface area contributed by atoms with Crippen molar-refractivity contribution in [3.05, 3.63) is 0 Å². The molecule has 1 saturated carbocycles. The quantitative estimate of drug-likeness (QED) is 0.374. The molecular formula is C5H7ClO. The summed E-state index contributed by atoms with van der Waals surface area (Å²) in [6, 6.07) is 0. The van der Waals surface area contributed by atoms with Crippen LogP contribution in [0.25, 0.3) is 0 Å². The van der Waals surface area contributed by atoms with E-state index in [1.165, 1.54) is 0 Å². The third-order valence-electron chi connectivity index (χ3n) is 1.42. The van der Waals surface area contributed by atoms with E-state index in [1.54, 1.807) is 0 Å². The second-order valence-corrected chi connectivity index (χ2v) is 2.45. The highest BCUT2D eigenvalue weighted by Gasteiger charge is 2.27. The smallest absolute Gasteiger partial charge is 0.124 e. The van der Waals surface area contributed by atoms with Crippen LogP contribution in [0.15, 0.2) is 0 Å². The lowest BCUT2D eigenvalue weighted by atomic mass is 9.86. The summed E-state index contributed by atoms with van der Waals surface area (Å²) in [6.45, 7) is 0. The van der Waals surface area contributed by atoms with E-state index in [1.807, 2.05) is 0 Å². The molecule has 0 aromatic rings. The predicted octanol–water partition coefficient (Wildman–Crippen LogP) is 1.20. The van der Waals surface area contributed by atoms with Crippen molar-refractivity contribution in [1.29, 1.82) is 0 Å². The summed E-state index contributed by atoms with van der Waals surface area (Å²) in [5, 5.41) is 0.150. The van der Waals surface area contributed by atoms with Crippen LogP contribution < -0.4 is 0 Å². The highest BCUT2D eigenvalue weighted by atomic mass is 35.5. The molecule has 1 rings (SSSR count). The van der Waals surface area contributed by atoms with Crippen molar-refractivity contribution in [1.82, 2.24) is 0 Å². The largest absolute Gasteiger partial charge is 0.303 e. The lowest BCUT2D eigenvalue weighted by Crippen LogP contribution is -2.27. The summed E-state index contributed by atoms with van der Waals surface area (Å²) in [7, 11) is 0. The van der Waals surface area contributed by atoms with E-state index in [0.29, 0.717) is 0 Å². The van der Waals surface area contributed by atoms with Gasteiger partial charge in [-0.1, -0.05) is 0 Å². The van der Waals surface area contributed by atoms with Crippen LogP contribution in [0.3, 0.4) is 0 Å². The Morgan fingerprint density at radius 2 is 2.29 bits per heavy atom. The van der Waals surface area contributed by atoms with Crippen molar-refractivity contribution < 1.29 is 4.79 Å². The summed E-state index contributed by atoms with van der Waals surface area (Å²) in [5.74, 6) is 0.168. The zero-order valence-electron chi connectivity index (χ0n) is 3.93. The molecule has 0 aromatic carbocycles. The van der Waals surface area contributed by atoms with Crippen molar-refractivity contribution in [2.75, 3.05) is 0 Å². The van der Waals surface area contributed by atoms with Gasteiger partial charge < -0.3 is 4.79 Å². The van der Waals surface area contributed by atoms with Crippen LogP contribution in [0.1, 0.15) is 12.8 Å². The van der Waals surface area contributed by atoms with Crippen LogP contribution >= 0.6 is 11.6 Å². The standard InChI is InChI=1S/C5H7ClO/c6-5-2-1-4(5)3-7/h3-5H,1-2H2. The molecular weight excluding hydrogens is 112 g/mol. The normalized spacial score (nSPS) is 39.6. The summed E-state index contributed by atoms with van der Waals surface area (Å²) in [4.78, 5) is 9.91. The van der Waals surface area contributed by atoms with Crippen molar-refractivity contribution in [3.63, 3.8) is 0 Å². The van der Waals surface area contributed by atoms with Gasteiger partial charge in [0.05, 0.1) is 0 Å². The second kappa shape index (κ2) is 1.83. The molecule has 1 nitrogen and oxygen atoms in total. The zero-order chi connectivity index (χ0) is 5.28. The van der Waals surface area contributed by atoms with Gasteiger partial charge in [0.2, 0.25) is 0 Å². The molecule has 2 heteroatoms. The Hall–Kier alpha value is -0.0400. The summed E-state index contributed by atoms with van der Waals surface area (Å²) < 4.78 is 0. The number of carbonyl (C=O) groups excluding carboxylic acids is 1. The second-order valence-electron chi connectivity index (χ2n) is 1.89. The Bertz CT molecular complexity index is 82.1. The number of halogens is 1. The zero-order valence-corrected chi connectivity index (χ0v) is 4.69. The maximum Gasteiger partial charge on any atom is 0.124 e. The highest BCUT2D eigenvalue weighted by molar-refractivity contribution is 6.22. The Morgan fingerprint density at radius 3 is 2.29 bits per heavy atom. The molecule has 1 aliphatic carbocycles. The molecule has 2 atom stereocenters. The van der Waals surface area contributed by atoms with Gasteiger partial charge in [-0.3, -0.25) is 0 Å².